The molecule has 1 aromatic heterocycles. The van der Waals surface area contributed by atoms with Gasteiger partial charge in [-0.2, -0.15) is 9.97 Å². The minimum Gasteiger partial charge on any atom is -0.423 e. The molecular formula is C11H6BrN3O4. The summed E-state index contributed by atoms with van der Waals surface area (Å²) < 4.78 is 5.89. The first-order valence-corrected chi connectivity index (χ1v) is 5.78. The number of ether oxygens (including phenoxy) is 1. The van der Waals surface area contributed by atoms with E-state index in [2.05, 4.69) is 25.9 Å². The van der Waals surface area contributed by atoms with Crippen LogP contribution in [-0.4, -0.2) is 21.2 Å². The molecule has 0 N–H and O–H groups in total. The molecule has 0 saturated carbocycles. The van der Waals surface area contributed by atoms with Crippen LogP contribution in [0.25, 0.3) is 0 Å². The predicted octanol–water partition coefficient (Wildman–Crippen LogP) is 2.75. The number of hydrogen-bond donors (Lipinski definition) is 0. The van der Waals surface area contributed by atoms with Crippen LogP contribution < -0.4 is 4.74 Å². The van der Waals surface area contributed by atoms with Crippen molar-refractivity contribution in [1.82, 2.24) is 9.97 Å². The average molecular weight is 324 g/mol. The molecule has 2 rings (SSSR count). The van der Waals surface area contributed by atoms with E-state index in [1.165, 1.54) is 0 Å². The van der Waals surface area contributed by atoms with Gasteiger partial charge in [-0.1, -0.05) is 0 Å². The molecule has 0 spiro atoms. The Kier molecular flexibility index (Phi) is 3.81. The van der Waals surface area contributed by atoms with Crippen LogP contribution in [0.3, 0.4) is 0 Å². The minimum atomic E-state index is -0.599. The van der Waals surface area contributed by atoms with Crippen molar-refractivity contribution in [3.8, 4) is 11.8 Å². The number of hydrogen-bond acceptors (Lipinski definition) is 6. The molecule has 0 aliphatic carbocycles. The molecule has 1 heterocycles. The van der Waals surface area contributed by atoms with Crippen LogP contribution in [0.15, 0.2) is 35.1 Å². The summed E-state index contributed by atoms with van der Waals surface area (Å²) in [7, 11) is 0. The van der Waals surface area contributed by atoms with Gasteiger partial charge in [0.15, 0.2) is 0 Å². The van der Waals surface area contributed by atoms with Gasteiger partial charge in [0.05, 0.1) is 9.40 Å². The van der Waals surface area contributed by atoms with Crippen LogP contribution in [0.4, 0.5) is 5.69 Å². The second-order valence-corrected chi connectivity index (χ2v) is 4.25. The SMILES string of the molecule is O=Cc1ccc(Oc2ncc([N+](=O)[O-])cn2)c(Br)c1. The smallest absolute Gasteiger partial charge is 0.322 e. The Hall–Kier alpha value is -2.35. The van der Waals surface area contributed by atoms with Gasteiger partial charge in [0.1, 0.15) is 24.4 Å². The standard InChI is InChI=1S/C11H6BrN3O4/c12-9-3-7(6-16)1-2-10(9)19-11-13-4-8(5-14-11)15(17)18/h1-6H. The van der Waals surface area contributed by atoms with Crippen molar-refractivity contribution in [2.45, 2.75) is 0 Å². The molecule has 96 valence electrons. The van der Waals surface area contributed by atoms with Crippen LogP contribution in [-0.2, 0) is 0 Å². The highest BCUT2D eigenvalue weighted by Gasteiger charge is 2.09. The fourth-order valence-electron chi connectivity index (χ4n) is 1.23. The third-order valence-electron chi connectivity index (χ3n) is 2.12. The lowest BCUT2D eigenvalue weighted by Gasteiger charge is -2.05. The Morgan fingerprint density at radius 2 is 2.00 bits per heavy atom. The number of carbonyl (C=O) groups is 1. The van der Waals surface area contributed by atoms with E-state index in [9.17, 15) is 14.9 Å². The normalized spacial score (nSPS) is 9.95. The quantitative estimate of drug-likeness (QED) is 0.487. The minimum absolute atomic E-state index is 0.0230. The Labute approximate surface area is 115 Å². The van der Waals surface area contributed by atoms with E-state index in [1.54, 1.807) is 18.2 Å². The van der Waals surface area contributed by atoms with Crippen molar-refractivity contribution >= 4 is 27.9 Å². The predicted molar refractivity (Wildman–Crippen MR) is 68.3 cm³/mol. The van der Waals surface area contributed by atoms with Gasteiger partial charge in [-0.05, 0) is 34.1 Å². The Balaban J connectivity index is 2.21. The van der Waals surface area contributed by atoms with Crippen LogP contribution in [0.5, 0.6) is 11.8 Å². The number of benzene rings is 1. The molecule has 0 saturated heterocycles. The fourth-order valence-corrected chi connectivity index (χ4v) is 1.71. The van der Waals surface area contributed by atoms with Crippen molar-refractivity contribution in [3.63, 3.8) is 0 Å². The van der Waals surface area contributed by atoms with E-state index >= 15 is 0 Å². The number of halogens is 1. The van der Waals surface area contributed by atoms with Gasteiger partial charge in [-0.25, -0.2) is 0 Å². The monoisotopic (exact) mass is 323 g/mol. The zero-order valence-electron chi connectivity index (χ0n) is 9.32. The van der Waals surface area contributed by atoms with Crippen LogP contribution in [0.1, 0.15) is 10.4 Å². The van der Waals surface area contributed by atoms with Gasteiger partial charge in [0.2, 0.25) is 0 Å². The lowest BCUT2D eigenvalue weighted by atomic mass is 10.2. The second-order valence-electron chi connectivity index (χ2n) is 3.39. The molecule has 2 aromatic rings. The van der Waals surface area contributed by atoms with E-state index in [0.717, 1.165) is 12.4 Å². The molecule has 8 heteroatoms. The molecule has 0 radical (unpaired) electrons. The largest absolute Gasteiger partial charge is 0.423 e. The molecule has 0 amide bonds. The molecule has 0 unspecified atom stereocenters. The second kappa shape index (κ2) is 5.53. The van der Waals surface area contributed by atoms with Crippen LogP contribution in [0.2, 0.25) is 0 Å². The maximum absolute atomic E-state index is 10.6. The first-order chi connectivity index (χ1) is 9.10. The number of aromatic nitrogens is 2. The van der Waals surface area contributed by atoms with Crippen molar-refractivity contribution in [3.05, 3.63) is 50.7 Å². The summed E-state index contributed by atoms with van der Waals surface area (Å²) in [4.78, 5) is 27.8. The first-order valence-electron chi connectivity index (χ1n) is 4.99. The molecule has 19 heavy (non-hydrogen) atoms. The third-order valence-corrected chi connectivity index (χ3v) is 2.74. The maximum Gasteiger partial charge on any atom is 0.322 e. The van der Waals surface area contributed by atoms with Crippen molar-refractivity contribution in [2.24, 2.45) is 0 Å². The van der Waals surface area contributed by atoms with Gasteiger partial charge < -0.3 is 4.74 Å². The number of aldehydes is 1. The van der Waals surface area contributed by atoms with Gasteiger partial charge in [-0.3, -0.25) is 14.9 Å². The molecule has 7 nitrogen and oxygen atoms in total. The van der Waals surface area contributed by atoms with Crippen molar-refractivity contribution in [2.75, 3.05) is 0 Å². The highest BCUT2D eigenvalue weighted by atomic mass is 79.9. The number of nitrogens with zero attached hydrogens (tertiary/aromatic N) is 3. The fraction of sp³-hybridized carbons (Fsp3) is 0. The number of nitro groups is 1. The van der Waals surface area contributed by atoms with Crippen molar-refractivity contribution < 1.29 is 14.5 Å². The third kappa shape index (κ3) is 3.10. The molecular weight excluding hydrogens is 318 g/mol. The molecule has 0 fully saturated rings. The van der Waals surface area contributed by atoms with Gasteiger partial charge in [-0.15, -0.1) is 0 Å². The van der Waals surface area contributed by atoms with Crippen LogP contribution in [0, 0.1) is 10.1 Å². The van der Waals surface area contributed by atoms with Crippen molar-refractivity contribution in [1.29, 1.82) is 0 Å². The van der Waals surface area contributed by atoms with E-state index in [0.29, 0.717) is 22.1 Å². The summed E-state index contributed by atoms with van der Waals surface area (Å²) in [5, 5.41) is 10.4. The summed E-state index contributed by atoms with van der Waals surface area (Å²) in [5.41, 5.74) is 0.270. The molecule has 1 aromatic carbocycles. The van der Waals surface area contributed by atoms with E-state index in [-0.39, 0.29) is 11.7 Å². The molecule has 0 aliphatic rings. The summed E-state index contributed by atoms with van der Waals surface area (Å²) in [6, 6.07) is 4.69. The van der Waals surface area contributed by atoms with Crippen LogP contribution >= 0.6 is 15.9 Å². The first kappa shape index (κ1) is 13.1. The highest BCUT2D eigenvalue weighted by Crippen LogP contribution is 2.28. The van der Waals surface area contributed by atoms with Gasteiger partial charge in [0, 0.05) is 5.56 Å². The van der Waals surface area contributed by atoms with E-state index in [1.807, 2.05) is 0 Å². The van der Waals surface area contributed by atoms with E-state index < -0.39 is 4.92 Å². The zero-order chi connectivity index (χ0) is 13.8. The highest BCUT2D eigenvalue weighted by molar-refractivity contribution is 9.10. The Morgan fingerprint density at radius 3 is 2.53 bits per heavy atom. The Bertz CT molecular complexity index is 630. The van der Waals surface area contributed by atoms with Gasteiger partial charge >= 0.3 is 11.7 Å². The topological polar surface area (TPSA) is 95.2 Å². The number of carbonyl (C=O) groups excluding carboxylic acids is 1. The summed E-state index contributed by atoms with van der Waals surface area (Å²) in [5.74, 6) is 0.402. The maximum atomic E-state index is 10.6. The summed E-state index contributed by atoms with van der Waals surface area (Å²) >= 11 is 3.24. The average Bonchev–Trinajstić information content (AvgIpc) is 2.41. The summed E-state index contributed by atoms with van der Waals surface area (Å²) in [6.07, 6.45) is 2.81. The summed E-state index contributed by atoms with van der Waals surface area (Å²) in [6.45, 7) is 0. The molecule has 0 atom stereocenters. The zero-order valence-corrected chi connectivity index (χ0v) is 10.9. The molecule has 0 bridgehead atoms. The van der Waals surface area contributed by atoms with Gasteiger partial charge in [0.25, 0.3) is 0 Å². The lowest BCUT2D eigenvalue weighted by molar-refractivity contribution is -0.385. The lowest BCUT2D eigenvalue weighted by Crippen LogP contribution is -1.95. The van der Waals surface area contributed by atoms with E-state index in [4.69, 9.17) is 4.74 Å². The Morgan fingerprint density at radius 1 is 1.32 bits per heavy atom. The number of rotatable bonds is 4. The molecule has 0 aliphatic heterocycles.